The van der Waals surface area contributed by atoms with Crippen LogP contribution in [0.5, 0.6) is 10.8 Å². The Labute approximate surface area is 217 Å². The fourth-order valence-electron chi connectivity index (χ4n) is 3.85. The largest absolute Gasteiger partial charge is 0.445 e. The van der Waals surface area contributed by atoms with Gasteiger partial charge in [-0.05, 0) is 61.2 Å². The third-order valence-electron chi connectivity index (χ3n) is 6.00. The molecule has 2 amide bonds. The van der Waals surface area contributed by atoms with Crippen LogP contribution >= 0.6 is 11.3 Å². The van der Waals surface area contributed by atoms with Gasteiger partial charge in [0.1, 0.15) is 5.75 Å². The van der Waals surface area contributed by atoms with Crippen LogP contribution in [0.1, 0.15) is 41.3 Å². The number of primary amides is 1. The van der Waals surface area contributed by atoms with Crippen LogP contribution in [0.4, 0.5) is 5.13 Å². The average Bonchev–Trinajstić information content (AvgIpc) is 3.47. The van der Waals surface area contributed by atoms with Crippen molar-refractivity contribution in [2.75, 3.05) is 18.5 Å². The van der Waals surface area contributed by atoms with Gasteiger partial charge in [0, 0.05) is 12.2 Å². The van der Waals surface area contributed by atoms with E-state index in [1.54, 1.807) is 36.4 Å². The number of sulfone groups is 1. The van der Waals surface area contributed by atoms with Crippen molar-refractivity contribution in [2.45, 2.75) is 41.6 Å². The van der Waals surface area contributed by atoms with Gasteiger partial charge in [0.05, 0.1) is 29.1 Å². The van der Waals surface area contributed by atoms with E-state index in [-0.39, 0.29) is 16.2 Å². The average molecular weight is 544 g/mol. The number of nitrogens with zero attached hydrogens (tertiary/aromatic N) is 1. The van der Waals surface area contributed by atoms with Crippen molar-refractivity contribution in [1.82, 2.24) is 4.98 Å². The summed E-state index contributed by atoms with van der Waals surface area (Å²) in [5.41, 5.74) is 6.14. The van der Waals surface area contributed by atoms with E-state index in [0.717, 1.165) is 11.3 Å². The molecule has 2 aliphatic rings. The molecule has 5 rings (SSSR count). The predicted molar refractivity (Wildman–Crippen MR) is 135 cm³/mol. The van der Waals surface area contributed by atoms with Gasteiger partial charge in [0.25, 0.3) is 5.91 Å². The molecule has 3 N–H and O–H groups in total. The summed E-state index contributed by atoms with van der Waals surface area (Å²) in [7, 11) is -3.34. The van der Waals surface area contributed by atoms with E-state index in [0.29, 0.717) is 59.5 Å². The van der Waals surface area contributed by atoms with Crippen LogP contribution in [0.3, 0.4) is 0 Å². The van der Waals surface area contributed by atoms with Crippen LogP contribution in [0.2, 0.25) is 0 Å². The Kier molecular flexibility index (Phi) is 7.24. The highest BCUT2D eigenvalue weighted by Gasteiger charge is 2.37. The van der Waals surface area contributed by atoms with Gasteiger partial charge >= 0.3 is 0 Å². The number of carbonyl (C=O) groups excluding carboxylic acids is 2. The third kappa shape index (κ3) is 5.99. The number of ether oxygens (including phenoxy) is 3. The molecule has 2 heterocycles. The van der Waals surface area contributed by atoms with Crippen molar-refractivity contribution in [3.8, 4) is 10.8 Å². The number of nitrogens with two attached hydrogens (primary N) is 1. The maximum atomic E-state index is 13.3. The molecule has 1 aromatic heterocycles. The number of aromatic nitrogens is 1. The summed E-state index contributed by atoms with van der Waals surface area (Å²) in [5.74, 6) is -0.499. The molecule has 0 spiro atoms. The lowest BCUT2D eigenvalue weighted by Gasteiger charge is -2.21. The van der Waals surface area contributed by atoms with E-state index in [1.807, 2.05) is 0 Å². The number of carbonyl (C=O) groups is 2. The quantitative estimate of drug-likeness (QED) is 0.395. The van der Waals surface area contributed by atoms with E-state index in [2.05, 4.69) is 10.3 Å². The second-order valence-electron chi connectivity index (χ2n) is 8.78. The molecule has 1 saturated carbocycles. The summed E-state index contributed by atoms with van der Waals surface area (Å²) in [6.07, 6.45) is 2.24. The van der Waals surface area contributed by atoms with Gasteiger partial charge in [-0.15, -0.1) is 0 Å². The molecule has 37 heavy (non-hydrogen) atoms. The number of rotatable bonds is 10. The zero-order valence-electron chi connectivity index (χ0n) is 19.7. The molecule has 1 saturated heterocycles. The Morgan fingerprint density at radius 2 is 1.81 bits per heavy atom. The normalized spacial score (nSPS) is 18.3. The lowest BCUT2D eigenvalue weighted by molar-refractivity contribution is -0.131. The molecule has 194 valence electrons. The van der Waals surface area contributed by atoms with Crippen molar-refractivity contribution in [3.63, 3.8) is 0 Å². The van der Waals surface area contributed by atoms with Gasteiger partial charge < -0.3 is 19.9 Å². The SMILES string of the molecule is NC(=O)c1ccc(Oc2cnc(NC(=O)C(OC3CCOC3)c3ccc(S(=O)(=O)C4CC4)cc3)s2)cc1. The second kappa shape index (κ2) is 10.6. The Balaban J connectivity index is 1.29. The number of thiazole rings is 1. The number of hydrogen-bond donors (Lipinski definition) is 2. The minimum atomic E-state index is -3.34. The van der Waals surface area contributed by atoms with Crippen LogP contribution < -0.4 is 15.8 Å². The van der Waals surface area contributed by atoms with Crippen LogP contribution in [-0.4, -0.2) is 49.8 Å². The van der Waals surface area contributed by atoms with Crippen molar-refractivity contribution in [2.24, 2.45) is 5.73 Å². The summed E-state index contributed by atoms with van der Waals surface area (Å²) in [4.78, 5) is 28.9. The first-order valence-electron chi connectivity index (χ1n) is 11.7. The van der Waals surface area contributed by atoms with Crippen molar-refractivity contribution < 1.29 is 32.2 Å². The van der Waals surface area contributed by atoms with Crippen LogP contribution in [-0.2, 0) is 24.1 Å². The van der Waals surface area contributed by atoms with E-state index in [4.69, 9.17) is 19.9 Å². The second-order valence-corrected chi connectivity index (χ2v) is 12.0. The molecule has 2 fully saturated rings. The minimum Gasteiger partial charge on any atom is -0.445 e. The summed E-state index contributed by atoms with van der Waals surface area (Å²) < 4.78 is 42.3. The fourth-order valence-corrected chi connectivity index (χ4v) is 6.19. The first-order chi connectivity index (χ1) is 17.8. The molecule has 12 heteroatoms. The number of anilines is 1. The zero-order valence-corrected chi connectivity index (χ0v) is 21.3. The monoisotopic (exact) mass is 543 g/mol. The third-order valence-corrected chi connectivity index (χ3v) is 9.07. The van der Waals surface area contributed by atoms with Crippen molar-refractivity contribution in [3.05, 3.63) is 65.9 Å². The maximum Gasteiger partial charge on any atom is 0.259 e. The van der Waals surface area contributed by atoms with Crippen LogP contribution in [0.15, 0.2) is 59.6 Å². The predicted octanol–water partition coefficient (Wildman–Crippen LogP) is 3.46. The lowest BCUT2D eigenvalue weighted by atomic mass is 10.1. The van der Waals surface area contributed by atoms with Crippen molar-refractivity contribution in [1.29, 1.82) is 0 Å². The van der Waals surface area contributed by atoms with E-state index >= 15 is 0 Å². The molecule has 1 aliphatic heterocycles. The molecule has 3 aromatic rings. The van der Waals surface area contributed by atoms with E-state index in [9.17, 15) is 18.0 Å². The zero-order chi connectivity index (χ0) is 26.0. The van der Waals surface area contributed by atoms with Gasteiger partial charge in [-0.1, -0.05) is 23.5 Å². The lowest BCUT2D eigenvalue weighted by Crippen LogP contribution is -2.28. The molecule has 2 aromatic carbocycles. The molecular weight excluding hydrogens is 518 g/mol. The summed E-state index contributed by atoms with van der Waals surface area (Å²) in [6.45, 7) is 0.923. The molecular formula is C25H25N3O7S2. The number of nitrogens with one attached hydrogen (secondary N) is 1. The molecule has 0 bridgehead atoms. The topological polar surface area (TPSA) is 147 Å². The van der Waals surface area contributed by atoms with Gasteiger partial charge in [-0.3, -0.25) is 14.9 Å². The smallest absolute Gasteiger partial charge is 0.259 e. The standard InChI is InChI=1S/C25H25N3O7S2/c26-23(29)16-1-5-17(6-2-16)34-21-13-27-25(36-21)28-24(30)22(35-18-11-12-33-14-18)15-3-7-19(8-4-15)37(31,32)20-9-10-20/h1-8,13,18,20,22H,9-12,14H2,(H2,26,29)(H,27,28,30). The number of amides is 2. The number of benzene rings is 2. The Hall–Kier alpha value is -3.32. The van der Waals surface area contributed by atoms with Gasteiger partial charge in [-0.25, -0.2) is 13.4 Å². The van der Waals surface area contributed by atoms with Gasteiger partial charge in [0.15, 0.2) is 21.1 Å². The fraction of sp³-hybridized carbons (Fsp3) is 0.320. The first kappa shape index (κ1) is 25.3. The Morgan fingerprint density at radius 1 is 1.08 bits per heavy atom. The van der Waals surface area contributed by atoms with E-state index < -0.39 is 27.8 Å². The molecule has 2 unspecified atom stereocenters. The van der Waals surface area contributed by atoms with Gasteiger partial charge in [-0.2, -0.15) is 0 Å². The summed E-state index contributed by atoms with van der Waals surface area (Å²) in [6, 6.07) is 12.6. The van der Waals surface area contributed by atoms with Gasteiger partial charge in [0.2, 0.25) is 11.0 Å². The van der Waals surface area contributed by atoms with Crippen LogP contribution in [0.25, 0.3) is 0 Å². The molecule has 1 aliphatic carbocycles. The maximum absolute atomic E-state index is 13.3. The summed E-state index contributed by atoms with van der Waals surface area (Å²) >= 11 is 1.12. The molecule has 2 atom stereocenters. The van der Waals surface area contributed by atoms with E-state index in [1.165, 1.54) is 18.3 Å². The van der Waals surface area contributed by atoms with Crippen LogP contribution in [0, 0.1) is 0 Å². The Morgan fingerprint density at radius 3 is 2.43 bits per heavy atom. The molecule has 10 nitrogen and oxygen atoms in total. The summed E-state index contributed by atoms with van der Waals surface area (Å²) in [5, 5.41) is 3.18. The first-order valence-corrected chi connectivity index (χ1v) is 14.1. The highest BCUT2D eigenvalue weighted by molar-refractivity contribution is 7.92. The molecule has 0 radical (unpaired) electrons. The number of hydrogen-bond acceptors (Lipinski definition) is 9. The minimum absolute atomic E-state index is 0.243. The Bertz CT molecular complexity index is 1380. The highest BCUT2D eigenvalue weighted by Crippen LogP contribution is 2.35. The highest BCUT2D eigenvalue weighted by atomic mass is 32.2. The van der Waals surface area contributed by atoms with Crippen molar-refractivity contribution >= 4 is 38.1 Å².